The summed E-state index contributed by atoms with van der Waals surface area (Å²) in [5.74, 6) is -0.251. The van der Waals surface area contributed by atoms with Crippen molar-refractivity contribution in [3.8, 4) is 0 Å². The van der Waals surface area contributed by atoms with Gasteiger partial charge in [0, 0.05) is 16.5 Å². The molecular weight excluding hydrogens is 461 g/mol. The maximum Gasteiger partial charge on any atom is 0.286 e. The molecule has 1 unspecified atom stereocenters. The molecule has 0 radical (unpaired) electrons. The Morgan fingerprint density at radius 3 is 2.25 bits per heavy atom. The van der Waals surface area contributed by atoms with E-state index in [2.05, 4.69) is 4.99 Å². The molecule has 0 fully saturated rings. The second-order valence-electron chi connectivity index (χ2n) is 7.39. The fourth-order valence-electron chi connectivity index (χ4n) is 3.64. The summed E-state index contributed by atoms with van der Waals surface area (Å²) in [6, 6.07) is 25.0. The predicted molar refractivity (Wildman–Crippen MR) is 133 cm³/mol. The molecule has 0 aromatic heterocycles. The zero-order valence-corrected chi connectivity index (χ0v) is 19.1. The van der Waals surface area contributed by atoms with Gasteiger partial charge in [0.25, 0.3) is 5.91 Å². The maximum atomic E-state index is 12.6. The first-order valence-electron chi connectivity index (χ1n) is 10.0. The molecule has 158 valence electrons. The van der Waals surface area contributed by atoms with Gasteiger partial charge in [0.05, 0.1) is 16.7 Å². The number of hydrazone groups is 1. The molecule has 0 saturated carbocycles. The molecule has 3 aromatic carbocycles. The molecular formula is C25H17Cl2N3OS. The first kappa shape index (κ1) is 21.0. The number of rotatable bonds is 3. The van der Waals surface area contributed by atoms with Crippen molar-refractivity contribution < 1.29 is 4.79 Å². The quantitative estimate of drug-likeness (QED) is 0.388. The summed E-state index contributed by atoms with van der Waals surface area (Å²) in [6.07, 6.45) is 2.54. The van der Waals surface area contributed by atoms with E-state index in [1.165, 1.54) is 11.8 Å². The molecule has 1 atom stereocenters. The normalized spacial score (nSPS) is 19.4. The smallest absolute Gasteiger partial charge is 0.266 e. The summed E-state index contributed by atoms with van der Waals surface area (Å²) in [7, 11) is 0. The zero-order chi connectivity index (χ0) is 22.1. The van der Waals surface area contributed by atoms with E-state index in [1.54, 1.807) is 0 Å². The largest absolute Gasteiger partial charge is 0.286 e. The summed E-state index contributed by atoms with van der Waals surface area (Å²) in [6.45, 7) is 0. The van der Waals surface area contributed by atoms with Crippen molar-refractivity contribution in [1.82, 2.24) is 5.01 Å². The Morgan fingerprint density at radius 1 is 0.906 bits per heavy atom. The molecule has 7 heteroatoms. The molecule has 1 amide bonds. The van der Waals surface area contributed by atoms with Gasteiger partial charge in [-0.3, -0.25) is 4.79 Å². The average molecular weight is 478 g/mol. The number of benzene rings is 3. The van der Waals surface area contributed by atoms with Crippen molar-refractivity contribution in [3.05, 3.63) is 111 Å². The molecule has 2 aliphatic rings. The van der Waals surface area contributed by atoms with Crippen molar-refractivity contribution >= 4 is 57.8 Å². The summed E-state index contributed by atoms with van der Waals surface area (Å²) in [5.41, 5.74) is 3.92. The number of aliphatic imine (C=N–C) groups is 1. The Labute approximate surface area is 200 Å². The van der Waals surface area contributed by atoms with Crippen LogP contribution in [0.2, 0.25) is 10.0 Å². The van der Waals surface area contributed by atoms with Gasteiger partial charge in [0.2, 0.25) is 0 Å². The number of hydrogen-bond donors (Lipinski definition) is 0. The molecule has 0 aliphatic carbocycles. The molecule has 0 N–H and O–H groups in total. The van der Waals surface area contributed by atoms with Crippen molar-refractivity contribution in [2.75, 3.05) is 0 Å². The highest BCUT2D eigenvalue weighted by Crippen LogP contribution is 2.39. The van der Waals surface area contributed by atoms with E-state index in [1.807, 2.05) is 89.9 Å². The first-order valence-corrected chi connectivity index (χ1v) is 11.6. The number of thioether (sulfide) groups is 1. The van der Waals surface area contributed by atoms with Gasteiger partial charge in [0.1, 0.15) is 0 Å². The first-order chi connectivity index (χ1) is 15.6. The molecule has 2 heterocycles. The molecule has 2 aliphatic heterocycles. The summed E-state index contributed by atoms with van der Waals surface area (Å²) in [5, 5.41) is 8.64. The van der Waals surface area contributed by atoms with E-state index in [4.69, 9.17) is 28.3 Å². The fraction of sp³-hybridized carbons (Fsp3) is 0.0800. The van der Waals surface area contributed by atoms with Gasteiger partial charge < -0.3 is 0 Å². The molecule has 5 rings (SSSR count). The van der Waals surface area contributed by atoms with Crippen LogP contribution in [-0.2, 0) is 4.79 Å². The highest BCUT2D eigenvalue weighted by molar-refractivity contribution is 8.18. The van der Waals surface area contributed by atoms with Gasteiger partial charge >= 0.3 is 0 Å². The lowest BCUT2D eigenvalue weighted by molar-refractivity contribution is -0.113. The highest BCUT2D eigenvalue weighted by Gasteiger charge is 2.36. The minimum atomic E-state index is -0.251. The third-order valence-electron chi connectivity index (χ3n) is 5.25. The lowest BCUT2D eigenvalue weighted by Crippen LogP contribution is -2.23. The van der Waals surface area contributed by atoms with E-state index in [9.17, 15) is 4.79 Å². The summed E-state index contributed by atoms with van der Waals surface area (Å²) in [4.78, 5) is 17.5. The van der Waals surface area contributed by atoms with Crippen LogP contribution >= 0.6 is 35.0 Å². The number of carbonyl (C=O) groups is 1. The summed E-state index contributed by atoms with van der Waals surface area (Å²) < 4.78 is 0. The second kappa shape index (κ2) is 8.94. The predicted octanol–water partition coefficient (Wildman–Crippen LogP) is 6.82. The van der Waals surface area contributed by atoms with Gasteiger partial charge in [-0.2, -0.15) is 10.1 Å². The third-order valence-corrected chi connectivity index (χ3v) is 6.72. The van der Waals surface area contributed by atoms with Crippen molar-refractivity contribution in [2.24, 2.45) is 10.1 Å². The number of carbonyl (C=O) groups excluding carboxylic acids is 1. The van der Waals surface area contributed by atoms with Crippen LogP contribution in [0, 0.1) is 0 Å². The standard InChI is InChI=1S/C25H17Cl2N3OS/c26-19-10-6-17(7-11-19)21-15-22(18-8-12-20(27)13-9-18)30(29-21)25-28-24(31)23(32-25)14-16-4-2-1-3-5-16/h1-14,22H,15H2/b23-14+. The molecule has 0 spiro atoms. The van der Waals surface area contributed by atoms with E-state index in [-0.39, 0.29) is 11.9 Å². The second-order valence-corrected chi connectivity index (χ2v) is 9.27. The van der Waals surface area contributed by atoms with Crippen LogP contribution in [0.25, 0.3) is 6.08 Å². The average Bonchev–Trinajstić information content (AvgIpc) is 3.40. The number of hydrogen-bond acceptors (Lipinski definition) is 4. The zero-order valence-electron chi connectivity index (χ0n) is 16.8. The fourth-order valence-corrected chi connectivity index (χ4v) is 4.81. The van der Waals surface area contributed by atoms with Crippen LogP contribution in [0.4, 0.5) is 0 Å². The monoisotopic (exact) mass is 477 g/mol. The van der Waals surface area contributed by atoms with Gasteiger partial charge in [-0.1, -0.05) is 77.8 Å². The van der Waals surface area contributed by atoms with Gasteiger partial charge in [-0.25, -0.2) is 5.01 Å². The third kappa shape index (κ3) is 4.37. The maximum absolute atomic E-state index is 12.6. The van der Waals surface area contributed by atoms with Crippen molar-refractivity contribution in [3.63, 3.8) is 0 Å². The van der Waals surface area contributed by atoms with Gasteiger partial charge in [-0.05, 0) is 58.8 Å². The van der Waals surface area contributed by atoms with Gasteiger partial charge in [0.15, 0.2) is 5.17 Å². The van der Waals surface area contributed by atoms with E-state index >= 15 is 0 Å². The minimum absolute atomic E-state index is 0.0897. The Hall–Kier alpha value is -2.86. The van der Waals surface area contributed by atoms with Crippen LogP contribution in [-0.4, -0.2) is 21.8 Å². The molecule has 32 heavy (non-hydrogen) atoms. The van der Waals surface area contributed by atoms with E-state index < -0.39 is 0 Å². The lowest BCUT2D eigenvalue weighted by atomic mass is 9.99. The lowest BCUT2D eigenvalue weighted by Gasteiger charge is -2.22. The van der Waals surface area contributed by atoms with Crippen LogP contribution < -0.4 is 0 Å². The Bertz CT molecular complexity index is 1250. The Balaban J connectivity index is 1.49. The minimum Gasteiger partial charge on any atom is -0.266 e. The van der Waals surface area contributed by atoms with E-state index in [0.717, 1.165) is 22.4 Å². The molecule has 0 bridgehead atoms. The van der Waals surface area contributed by atoms with Crippen LogP contribution in [0.15, 0.2) is 93.9 Å². The SMILES string of the molecule is O=C1N=C(N2N=C(c3ccc(Cl)cc3)CC2c2ccc(Cl)cc2)S/C1=C/c1ccccc1. The van der Waals surface area contributed by atoms with Crippen LogP contribution in [0.5, 0.6) is 0 Å². The Kier molecular flexibility index (Phi) is 5.87. The number of amides is 1. The van der Waals surface area contributed by atoms with Crippen LogP contribution in [0.1, 0.15) is 29.2 Å². The number of nitrogens with zero attached hydrogens (tertiary/aromatic N) is 3. The molecule has 0 saturated heterocycles. The Morgan fingerprint density at radius 2 is 1.56 bits per heavy atom. The van der Waals surface area contributed by atoms with Crippen molar-refractivity contribution in [2.45, 2.75) is 12.5 Å². The highest BCUT2D eigenvalue weighted by atomic mass is 35.5. The van der Waals surface area contributed by atoms with E-state index in [0.29, 0.717) is 26.5 Å². The summed E-state index contributed by atoms with van der Waals surface area (Å²) >= 11 is 13.5. The van der Waals surface area contributed by atoms with Gasteiger partial charge in [-0.15, -0.1) is 0 Å². The van der Waals surface area contributed by atoms with Crippen molar-refractivity contribution in [1.29, 1.82) is 0 Å². The van der Waals surface area contributed by atoms with Crippen LogP contribution in [0.3, 0.4) is 0 Å². The topological polar surface area (TPSA) is 45.0 Å². The number of halogens is 2. The molecule has 4 nitrogen and oxygen atoms in total. The number of amidine groups is 1. The molecule has 3 aromatic rings.